The van der Waals surface area contributed by atoms with Gasteiger partial charge in [0.1, 0.15) is 4.88 Å². The van der Waals surface area contributed by atoms with Gasteiger partial charge in [0, 0.05) is 11.4 Å². The first-order valence-electron chi connectivity index (χ1n) is 5.72. The van der Waals surface area contributed by atoms with Crippen LogP contribution in [0.4, 0.5) is 0 Å². The fraction of sp³-hybridized carbons (Fsp3) is 0.545. The summed E-state index contributed by atoms with van der Waals surface area (Å²) in [4.78, 5) is 10.8. The van der Waals surface area contributed by atoms with Gasteiger partial charge >= 0.3 is 5.97 Å². The van der Waals surface area contributed by atoms with Gasteiger partial charge in [-0.1, -0.05) is 12.8 Å². The van der Waals surface area contributed by atoms with Gasteiger partial charge in [-0.15, -0.1) is 11.3 Å². The Hall–Kier alpha value is -0.920. The first kappa shape index (κ1) is 13.5. The van der Waals surface area contributed by atoms with E-state index in [0.717, 1.165) is 17.8 Å². The molecule has 18 heavy (non-hydrogen) atoms. The fourth-order valence-corrected chi connectivity index (χ4v) is 4.17. The van der Waals surface area contributed by atoms with E-state index in [4.69, 9.17) is 5.11 Å². The standard InChI is InChI=1S/C11H15NO4S2/c1-7(4-8-2-3-8)12-18(15,16)9-5-10(11(13)14)17-6-9/h5-8,12H,2-4H2,1H3,(H,13,14). The molecule has 2 rings (SSSR count). The van der Waals surface area contributed by atoms with Gasteiger partial charge in [0.15, 0.2) is 0 Å². The highest BCUT2D eigenvalue weighted by Gasteiger charge is 2.26. The first-order valence-corrected chi connectivity index (χ1v) is 8.09. The Kier molecular flexibility index (Phi) is 3.74. The molecule has 1 aromatic rings. The lowest BCUT2D eigenvalue weighted by Gasteiger charge is -2.12. The monoisotopic (exact) mass is 289 g/mol. The van der Waals surface area contributed by atoms with E-state index in [-0.39, 0.29) is 15.8 Å². The Labute approximate surface area is 110 Å². The first-order chi connectivity index (χ1) is 8.38. The number of nitrogens with one attached hydrogen (secondary N) is 1. The Morgan fingerprint density at radius 2 is 2.28 bits per heavy atom. The van der Waals surface area contributed by atoms with Crippen LogP contribution in [0, 0.1) is 5.92 Å². The zero-order chi connectivity index (χ0) is 13.3. The molecule has 0 aliphatic heterocycles. The topological polar surface area (TPSA) is 83.5 Å². The van der Waals surface area contributed by atoms with Crippen LogP contribution < -0.4 is 4.72 Å². The maximum Gasteiger partial charge on any atom is 0.345 e. The summed E-state index contributed by atoms with van der Waals surface area (Å²) < 4.78 is 26.5. The molecule has 0 radical (unpaired) electrons. The third-order valence-electron chi connectivity index (χ3n) is 2.84. The van der Waals surface area contributed by atoms with Gasteiger partial charge in [-0.25, -0.2) is 17.9 Å². The second-order valence-corrected chi connectivity index (χ2v) is 7.28. The minimum atomic E-state index is -3.59. The third kappa shape index (κ3) is 3.30. The van der Waals surface area contributed by atoms with Crippen LogP contribution in [0.3, 0.4) is 0 Å². The van der Waals surface area contributed by atoms with Crippen molar-refractivity contribution < 1.29 is 18.3 Å². The van der Waals surface area contributed by atoms with Crippen molar-refractivity contribution in [3.05, 3.63) is 16.3 Å². The molecule has 1 aromatic heterocycles. The van der Waals surface area contributed by atoms with Crippen molar-refractivity contribution >= 4 is 27.3 Å². The van der Waals surface area contributed by atoms with Gasteiger partial charge in [-0.05, 0) is 25.3 Å². The highest BCUT2D eigenvalue weighted by Crippen LogP contribution is 2.33. The number of rotatable bonds is 6. The van der Waals surface area contributed by atoms with Crippen LogP contribution in [0.15, 0.2) is 16.3 Å². The van der Waals surface area contributed by atoms with E-state index in [9.17, 15) is 13.2 Å². The number of carboxylic acids is 1. The number of thiophene rings is 1. The molecule has 7 heteroatoms. The number of hydrogen-bond donors (Lipinski definition) is 2. The maximum atomic E-state index is 12.0. The van der Waals surface area contributed by atoms with Crippen molar-refractivity contribution in [3.8, 4) is 0 Å². The van der Waals surface area contributed by atoms with Crippen LogP contribution in [-0.4, -0.2) is 25.5 Å². The van der Waals surface area contributed by atoms with Gasteiger partial charge in [-0.2, -0.15) is 0 Å². The Morgan fingerprint density at radius 3 is 2.78 bits per heavy atom. The highest BCUT2D eigenvalue weighted by atomic mass is 32.2. The summed E-state index contributed by atoms with van der Waals surface area (Å²) in [5.74, 6) is -0.466. The molecule has 0 saturated heterocycles. The van der Waals surface area contributed by atoms with Crippen molar-refractivity contribution in [3.63, 3.8) is 0 Å². The molecule has 1 heterocycles. The van der Waals surface area contributed by atoms with E-state index in [1.165, 1.54) is 24.3 Å². The van der Waals surface area contributed by atoms with Crippen LogP contribution in [-0.2, 0) is 10.0 Å². The molecule has 0 aromatic carbocycles. The zero-order valence-electron chi connectivity index (χ0n) is 9.92. The number of carbonyl (C=O) groups is 1. The molecule has 0 amide bonds. The molecular weight excluding hydrogens is 274 g/mol. The molecule has 100 valence electrons. The smallest absolute Gasteiger partial charge is 0.345 e. The minimum absolute atomic E-state index is 0.0326. The van der Waals surface area contributed by atoms with E-state index >= 15 is 0 Å². The van der Waals surface area contributed by atoms with Gasteiger partial charge in [-0.3, -0.25) is 0 Å². The van der Waals surface area contributed by atoms with E-state index in [1.54, 1.807) is 0 Å². The fourth-order valence-electron chi connectivity index (χ4n) is 1.81. The van der Waals surface area contributed by atoms with Crippen molar-refractivity contribution in [2.45, 2.75) is 37.1 Å². The normalized spacial score (nSPS) is 17.6. The Balaban J connectivity index is 2.06. The molecule has 2 N–H and O–H groups in total. The summed E-state index contributed by atoms with van der Waals surface area (Å²) in [6.45, 7) is 1.83. The van der Waals surface area contributed by atoms with E-state index in [0.29, 0.717) is 5.92 Å². The van der Waals surface area contributed by atoms with Crippen molar-refractivity contribution in [2.75, 3.05) is 0 Å². The lowest BCUT2D eigenvalue weighted by Crippen LogP contribution is -2.32. The molecule has 1 fully saturated rings. The summed E-state index contributed by atoms with van der Waals surface area (Å²) in [6.07, 6.45) is 3.19. The van der Waals surface area contributed by atoms with Crippen LogP contribution in [0.25, 0.3) is 0 Å². The molecule has 1 saturated carbocycles. The summed E-state index contributed by atoms with van der Waals surface area (Å²) in [5.41, 5.74) is 0. The summed E-state index contributed by atoms with van der Waals surface area (Å²) in [5, 5.41) is 10.1. The number of sulfonamides is 1. The molecule has 5 nitrogen and oxygen atoms in total. The second-order valence-electron chi connectivity index (χ2n) is 4.65. The van der Waals surface area contributed by atoms with E-state index < -0.39 is 16.0 Å². The number of hydrogen-bond acceptors (Lipinski definition) is 4. The number of carboxylic acid groups (broad SMARTS) is 1. The molecule has 1 aliphatic rings. The lowest BCUT2D eigenvalue weighted by atomic mass is 10.2. The summed E-state index contributed by atoms with van der Waals surface area (Å²) >= 11 is 0.919. The van der Waals surface area contributed by atoms with Crippen LogP contribution in [0.5, 0.6) is 0 Å². The molecule has 0 spiro atoms. The van der Waals surface area contributed by atoms with Gasteiger partial charge in [0.25, 0.3) is 0 Å². The predicted octanol–water partition coefficient (Wildman–Crippen LogP) is 1.91. The Bertz CT molecular complexity index is 545. The third-order valence-corrected chi connectivity index (χ3v) is 5.47. The minimum Gasteiger partial charge on any atom is -0.477 e. The zero-order valence-corrected chi connectivity index (χ0v) is 11.6. The van der Waals surface area contributed by atoms with E-state index in [2.05, 4.69) is 4.72 Å². The van der Waals surface area contributed by atoms with Crippen molar-refractivity contribution in [2.24, 2.45) is 5.92 Å². The van der Waals surface area contributed by atoms with Crippen LogP contribution in [0.1, 0.15) is 35.9 Å². The average molecular weight is 289 g/mol. The quantitative estimate of drug-likeness (QED) is 0.838. The summed E-state index contributed by atoms with van der Waals surface area (Å²) in [6, 6.07) is 1.08. The molecule has 0 bridgehead atoms. The Morgan fingerprint density at radius 1 is 1.61 bits per heavy atom. The largest absolute Gasteiger partial charge is 0.477 e. The molecular formula is C11H15NO4S2. The molecule has 1 atom stereocenters. The van der Waals surface area contributed by atoms with Crippen molar-refractivity contribution in [1.82, 2.24) is 4.72 Å². The summed E-state index contributed by atoms with van der Waals surface area (Å²) in [7, 11) is -3.59. The van der Waals surface area contributed by atoms with Crippen LogP contribution >= 0.6 is 11.3 Å². The molecule has 1 unspecified atom stereocenters. The van der Waals surface area contributed by atoms with E-state index in [1.807, 2.05) is 6.92 Å². The highest BCUT2D eigenvalue weighted by molar-refractivity contribution is 7.89. The predicted molar refractivity (Wildman–Crippen MR) is 68.4 cm³/mol. The van der Waals surface area contributed by atoms with Gasteiger partial charge in [0.2, 0.25) is 10.0 Å². The van der Waals surface area contributed by atoms with Crippen molar-refractivity contribution in [1.29, 1.82) is 0 Å². The van der Waals surface area contributed by atoms with Gasteiger partial charge < -0.3 is 5.11 Å². The second kappa shape index (κ2) is 4.99. The molecule has 1 aliphatic carbocycles. The lowest BCUT2D eigenvalue weighted by molar-refractivity contribution is 0.0702. The number of aromatic carboxylic acids is 1. The average Bonchev–Trinajstić information content (AvgIpc) is 2.91. The maximum absolute atomic E-state index is 12.0. The SMILES string of the molecule is CC(CC1CC1)NS(=O)(=O)c1csc(C(=O)O)c1. The van der Waals surface area contributed by atoms with Crippen LogP contribution in [0.2, 0.25) is 0 Å². The van der Waals surface area contributed by atoms with Gasteiger partial charge in [0.05, 0.1) is 4.90 Å².